The Morgan fingerprint density at radius 3 is 1.40 bits per heavy atom. The Hall–Kier alpha value is -6.42. The molecule has 0 nitrogen and oxygen atoms in total. The van der Waals surface area contributed by atoms with Crippen molar-refractivity contribution in [3.63, 3.8) is 0 Å². The Bertz CT molecular complexity index is 3740. The molecule has 11 aromatic rings. The summed E-state index contributed by atoms with van der Waals surface area (Å²) >= 11 is 0. The van der Waals surface area contributed by atoms with Crippen LogP contribution < -0.4 is 0 Å². The lowest BCUT2D eigenvalue weighted by Crippen LogP contribution is -1.95. The summed E-state index contributed by atoms with van der Waals surface area (Å²) in [5.74, 6) is 0. The van der Waals surface area contributed by atoms with Gasteiger partial charge in [-0.05, 0) is 172 Å². The Kier molecular flexibility index (Phi) is 7.78. The number of fused-ring (bicyclic) bond motifs is 10. The molecule has 13 rings (SSSR count). The molecular weight excluding hydrogens is 759 g/mol. The summed E-state index contributed by atoms with van der Waals surface area (Å²) in [5, 5.41) is 25.0. The van der Waals surface area contributed by atoms with E-state index in [1.165, 1.54) is 118 Å². The number of hydrogen-bond acceptors (Lipinski definition) is 0. The van der Waals surface area contributed by atoms with Gasteiger partial charge in [-0.2, -0.15) is 0 Å². The van der Waals surface area contributed by atoms with Gasteiger partial charge in [0.05, 0.1) is 0 Å². The lowest BCUT2D eigenvalue weighted by atomic mass is 9.83. The second kappa shape index (κ2) is 13.6. The maximum Gasteiger partial charge on any atom is 0.00749 e. The van der Waals surface area contributed by atoms with E-state index in [4.69, 9.17) is 0 Å². The molecule has 0 N–H and O–H groups in total. The van der Waals surface area contributed by atoms with Crippen LogP contribution in [0.2, 0.25) is 0 Å². The minimum absolute atomic E-state index is 0.727. The highest BCUT2D eigenvalue weighted by molar-refractivity contribution is 7.71. The Morgan fingerprint density at radius 1 is 0.333 bits per heavy atom. The van der Waals surface area contributed by atoms with E-state index >= 15 is 0 Å². The standard InChI is InChI=1S/C58H40P2/c1-5-17-37(18-6-1)57-49-33-47-45-29-39-21-13-15-23-41(39)31-53(45)60(44-27-11-4-12-28-44)56(47)36-52(49)58(38-19-7-2-8-20-38)50-34-48-46-30-40-22-14-16-24-42(40)32-54(46)59(55(48)35-51(50)57)43-25-9-3-10-26-43/h1,3,5-7,9-11,13-36H,2,4,8,12H2. The van der Waals surface area contributed by atoms with E-state index in [1.54, 1.807) is 0 Å². The molecule has 0 saturated carbocycles. The molecule has 2 aliphatic carbocycles. The highest BCUT2D eigenvalue weighted by Gasteiger charge is 2.25. The van der Waals surface area contributed by atoms with Gasteiger partial charge in [-0.1, -0.05) is 161 Å². The fourth-order valence-electron chi connectivity index (χ4n) is 10.5. The molecular formula is C58H40P2. The predicted molar refractivity (Wildman–Crippen MR) is 268 cm³/mol. The van der Waals surface area contributed by atoms with Gasteiger partial charge in [-0.15, -0.1) is 0 Å². The van der Waals surface area contributed by atoms with Gasteiger partial charge in [0.1, 0.15) is 0 Å². The molecule has 282 valence electrons. The monoisotopic (exact) mass is 798 g/mol. The van der Waals surface area contributed by atoms with Gasteiger partial charge in [-0.3, -0.25) is 0 Å². The lowest BCUT2D eigenvalue weighted by Gasteiger charge is -2.20. The van der Waals surface area contributed by atoms with E-state index in [0.717, 1.165) is 25.7 Å². The van der Waals surface area contributed by atoms with Crippen molar-refractivity contribution in [2.45, 2.75) is 25.7 Å². The zero-order chi connectivity index (χ0) is 39.3. The second-order valence-corrected chi connectivity index (χ2v) is 20.9. The summed E-state index contributed by atoms with van der Waals surface area (Å²) in [5.41, 5.74) is 5.34. The minimum Gasteiger partial charge on any atom is -0.0836 e. The molecule has 2 atom stereocenters. The molecule has 0 bridgehead atoms. The lowest BCUT2D eigenvalue weighted by molar-refractivity contribution is 1.04. The van der Waals surface area contributed by atoms with Crippen molar-refractivity contribution >= 4 is 111 Å². The molecule has 2 aromatic heterocycles. The van der Waals surface area contributed by atoms with E-state index in [1.807, 2.05) is 0 Å². The van der Waals surface area contributed by atoms with Crippen LogP contribution >= 0.6 is 15.1 Å². The third-order valence-corrected chi connectivity index (χ3v) is 18.3. The van der Waals surface area contributed by atoms with Crippen LogP contribution in [0.5, 0.6) is 0 Å². The SMILES string of the molecule is C1=CC(c2c3cc4c(cc3c(-c3ccccc3)c3cc5c(cc23)c2cc3ccccc3cc2p5-c2ccccc2)c2cc3ccccc3cc2p4C2=CCCC=C2)=CCC1. The zero-order valence-electron chi connectivity index (χ0n) is 33.2. The van der Waals surface area contributed by atoms with Crippen molar-refractivity contribution in [2.75, 3.05) is 0 Å². The van der Waals surface area contributed by atoms with Gasteiger partial charge in [0.2, 0.25) is 0 Å². The molecule has 0 amide bonds. The molecule has 2 unspecified atom stereocenters. The average Bonchev–Trinajstić information content (AvgIpc) is 3.79. The van der Waals surface area contributed by atoms with Gasteiger partial charge in [0.25, 0.3) is 0 Å². The van der Waals surface area contributed by atoms with Crippen LogP contribution in [0.15, 0.2) is 194 Å². The highest BCUT2D eigenvalue weighted by atomic mass is 31.1. The van der Waals surface area contributed by atoms with Crippen LogP contribution in [0, 0.1) is 0 Å². The van der Waals surface area contributed by atoms with Crippen molar-refractivity contribution in [1.29, 1.82) is 0 Å². The van der Waals surface area contributed by atoms with Gasteiger partial charge in [0.15, 0.2) is 0 Å². The van der Waals surface area contributed by atoms with Crippen LogP contribution in [0.3, 0.4) is 0 Å². The normalized spacial score (nSPS) is 15.1. The maximum atomic E-state index is 2.65. The maximum absolute atomic E-state index is 2.65. The van der Waals surface area contributed by atoms with Gasteiger partial charge in [-0.25, -0.2) is 0 Å². The summed E-state index contributed by atoms with van der Waals surface area (Å²) in [6, 6.07) is 60.9. The van der Waals surface area contributed by atoms with Crippen molar-refractivity contribution in [3.8, 4) is 16.4 Å². The van der Waals surface area contributed by atoms with Crippen LogP contribution in [-0.2, 0) is 0 Å². The van der Waals surface area contributed by atoms with E-state index < -0.39 is 15.1 Å². The molecule has 0 radical (unpaired) electrons. The number of allylic oxidation sites excluding steroid dienone is 8. The fourth-order valence-corrected chi connectivity index (χ4v) is 16.0. The van der Waals surface area contributed by atoms with E-state index in [-0.39, 0.29) is 0 Å². The number of hydrogen-bond donors (Lipinski definition) is 0. The van der Waals surface area contributed by atoms with Crippen molar-refractivity contribution in [2.24, 2.45) is 0 Å². The summed E-state index contributed by atoms with van der Waals surface area (Å²) in [6.07, 6.45) is 19.0. The number of benzene rings is 9. The molecule has 9 aromatic carbocycles. The Labute approximate surface area is 351 Å². The zero-order valence-corrected chi connectivity index (χ0v) is 35.0. The molecule has 0 aliphatic heterocycles. The summed E-state index contributed by atoms with van der Waals surface area (Å²) < 4.78 is 0. The minimum atomic E-state index is -0.775. The first-order valence-corrected chi connectivity index (χ1v) is 24.1. The van der Waals surface area contributed by atoms with E-state index in [9.17, 15) is 0 Å². The first-order chi connectivity index (χ1) is 29.8. The average molecular weight is 799 g/mol. The van der Waals surface area contributed by atoms with Crippen molar-refractivity contribution < 1.29 is 0 Å². The molecule has 60 heavy (non-hydrogen) atoms. The second-order valence-electron chi connectivity index (χ2n) is 16.6. The van der Waals surface area contributed by atoms with E-state index in [2.05, 4.69) is 194 Å². The van der Waals surface area contributed by atoms with Crippen LogP contribution in [0.25, 0.3) is 112 Å². The summed E-state index contributed by atoms with van der Waals surface area (Å²) in [4.78, 5) is 0. The third kappa shape index (κ3) is 5.18. The van der Waals surface area contributed by atoms with Crippen molar-refractivity contribution in [3.05, 3.63) is 200 Å². The van der Waals surface area contributed by atoms with Gasteiger partial charge < -0.3 is 0 Å². The number of rotatable bonds is 4. The first-order valence-electron chi connectivity index (χ1n) is 21.4. The molecule has 0 saturated heterocycles. The quantitative estimate of drug-likeness (QED) is 0.156. The molecule has 2 aliphatic rings. The summed E-state index contributed by atoms with van der Waals surface area (Å²) in [6.45, 7) is 0. The topological polar surface area (TPSA) is 0 Å². The van der Waals surface area contributed by atoms with E-state index in [0.29, 0.717) is 0 Å². The van der Waals surface area contributed by atoms with Crippen molar-refractivity contribution in [1.82, 2.24) is 0 Å². The predicted octanol–water partition coefficient (Wildman–Crippen LogP) is 18.5. The molecule has 0 fully saturated rings. The Morgan fingerprint density at radius 2 is 0.800 bits per heavy atom. The van der Waals surface area contributed by atoms with Crippen LogP contribution in [-0.4, -0.2) is 0 Å². The van der Waals surface area contributed by atoms with Crippen LogP contribution in [0.4, 0.5) is 0 Å². The summed E-state index contributed by atoms with van der Waals surface area (Å²) in [7, 11) is -1.50. The highest BCUT2D eigenvalue weighted by Crippen LogP contribution is 2.61. The van der Waals surface area contributed by atoms with Crippen LogP contribution in [0.1, 0.15) is 31.2 Å². The third-order valence-electron chi connectivity index (χ3n) is 13.2. The smallest absolute Gasteiger partial charge is 0.00749 e. The van der Waals surface area contributed by atoms with Gasteiger partial charge in [0, 0.05) is 20.5 Å². The fraction of sp³-hybridized carbons (Fsp3) is 0.0690. The molecule has 2 heterocycles. The largest absolute Gasteiger partial charge is 0.0836 e. The first kappa shape index (κ1) is 34.4. The Balaban J connectivity index is 1.27. The molecule has 0 spiro atoms. The van der Waals surface area contributed by atoms with Gasteiger partial charge >= 0.3 is 0 Å². The molecule has 2 heteroatoms.